The van der Waals surface area contributed by atoms with Gasteiger partial charge in [-0.05, 0) is 31.0 Å². The number of rotatable bonds is 4. The average molecular weight is 332 g/mol. The third-order valence-corrected chi connectivity index (χ3v) is 4.59. The summed E-state index contributed by atoms with van der Waals surface area (Å²) >= 11 is 7.55. The first-order chi connectivity index (χ1) is 9.07. The minimum Gasteiger partial charge on any atom is -0.354 e. The van der Waals surface area contributed by atoms with Crippen LogP contribution in [0.3, 0.4) is 0 Å². The largest absolute Gasteiger partial charge is 0.354 e. The fraction of sp³-hybridized carbons (Fsp3) is 0.385. The minimum atomic E-state index is -0.596. The van der Waals surface area contributed by atoms with Crippen molar-refractivity contribution in [1.82, 2.24) is 10.3 Å². The van der Waals surface area contributed by atoms with Gasteiger partial charge in [-0.1, -0.05) is 11.6 Å². The van der Waals surface area contributed by atoms with Crippen LogP contribution in [-0.2, 0) is 11.2 Å². The van der Waals surface area contributed by atoms with Crippen molar-refractivity contribution in [2.45, 2.75) is 24.8 Å². The normalized spacial score (nSPS) is 15.7. The van der Waals surface area contributed by atoms with Crippen molar-refractivity contribution in [2.24, 2.45) is 5.73 Å². The van der Waals surface area contributed by atoms with Crippen LogP contribution in [0.4, 0.5) is 0 Å². The zero-order valence-corrected chi connectivity index (χ0v) is 13.1. The Morgan fingerprint density at radius 3 is 2.95 bits per heavy atom. The minimum absolute atomic E-state index is 0. The number of thiazole rings is 1. The highest BCUT2D eigenvalue weighted by Gasteiger charge is 2.45. The van der Waals surface area contributed by atoms with E-state index < -0.39 is 5.54 Å². The van der Waals surface area contributed by atoms with Crippen LogP contribution in [0, 0.1) is 0 Å². The number of hydrogen-bond donors (Lipinski definition) is 2. The van der Waals surface area contributed by atoms with E-state index in [-0.39, 0.29) is 18.3 Å². The molecule has 3 N–H and O–H groups in total. The molecule has 0 aliphatic heterocycles. The van der Waals surface area contributed by atoms with E-state index in [1.54, 1.807) is 11.3 Å². The second kappa shape index (κ2) is 5.85. The first-order valence-electron chi connectivity index (χ1n) is 6.19. The van der Waals surface area contributed by atoms with Crippen molar-refractivity contribution in [1.29, 1.82) is 0 Å². The van der Waals surface area contributed by atoms with Gasteiger partial charge >= 0.3 is 0 Å². The molecule has 1 amide bonds. The smallest absolute Gasteiger partial charge is 0.240 e. The van der Waals surface area contributed by atoms with Crippen LogP contribution in [-0.4, -0.2) is 23.0 Å². The molecule has 20 heavy (non-hydrogen) atoms. The van der Waals surface area contributed by atoms with Crippen molar-refractivity contribution in [2.75, 3.05) is 6.54 Å². The number of carbonyl (C=O) groups is 1. The Balaban J connectivity index is 0.00000147. The maximum atomic E-state index is 11.7. The summed E-state index contributed by atoms with van der Waals surface area (Å²) in [5.74, 6) is -0.0448. The van der Waals surface area contributed by atoms with Crippen molar-refractivity contribution in [3.8, 4) is 0 Å². The summed E-state index contributed by atoms with van der Waals surface area (Å²) in [5, 5.41) is 4.56. The zero-order chi connectivity index (χ0) is 13.5. The molecule has 1 aromatic heterocycles. The Kier molecular flexibility index (Phi) is 4.54. The third kappa shape index (κ3) is 3.23. The monoisotopic (exact) mass is 331 g/mol. The molecule has 0 unspecified atom stereocenters. The predicted molar refractivity (Wildman–Crippen MR) is 84.7 cm³/mol. The molecule has 4 nitrogen and oxygen atoms in total. The number of benzene rings is 1. The molecular formula is C13H15Cl2N3OS. The lowest BCUT2D eigenvalue weighted by atomic mass is 10.2. The molecule has 1 aliphatic carbocycles. The first-order valence-corrected chi connectivity index (χ1v) is 7.38. The molecule has 7 heteroatoms. The molecule has 2 aromatic rings. The highest BCUT2D eigenvalue weighted by Crippen LogP contribution is 2.32. The number of nitrogens with two attached hydrogens (primary N) is 1. The standard InChI is InChI=1S/C13H14ClN3OS.ClH/c14-8-1-2-10-9(7-8)17-11(19-10)3-6-16-12(18)13(15)4-5-13;/h1-2,7H,3-6,15H2,(H,16,18);1H. The Morgan fingerprint density at radius 1 is 1.50 bits per heavy atom. The highest BCUT2D eigenvalue weighted by atomic mass is 35.5. The number of hydrogen-bond acceptors (Lipinski definition) is 4. The van der Waals surface area contributed by atoms with E-state index in [2.05, 4.69) is 10.3 Å². The number of aromatic nitrogens is 1. The fourth-order valence-corrected chi connectivity index (χ4v) is 2.99. The number of carbonyl (C=O) groups excluding carboxylic acids is 1. The SMILES string of the molecule is Cl.NC1(C(=O)NCCc2nc3cc(Cl)ccc3s2)CC1. The molecule has 108 valence electrons. The molecular weight excluding hydrogens is 317 g/mol. The van der Waals surface area contributed by atoms with Gasteiger partial charge in [0, 0.05) is 18.0 Å². The Bertz CT molecular complexity index is 640. The van der Waals surface area contributed by atoms with Gasteiger partial charge in [-0.25, -0.2) is 4.98 Å². The molecule has 1 aromatic carbocycles. The van der Waals surface area contributed by atoms with E-state index in [9.17, 15) is 4.79 Å². The number of halogens is 2. The molecule has 1 saturated carbocycles. The molecule has 0 atom stereocenters. The molecule has 1 aliphatic rings. The fourth-order valence-electron chi connectivity index (χ4n) is 1.88. The maximum absolute atomic E-state index is 11.7. The lowest BCUT2D eigenvalue weighted by molar-refractivity contribution is -0.123. The van der Waals surface area contributed by atoms with E-state index in [0.29, 0.717) is 11.6 Å². The van der Waals surface area contributed by atoms with Gasteiger partial charge in [0.25, 0.3) is 0 Å². The number of fused-ring (bicyclic) bond motifs is 1. The van der Waals surface area contributed by atoms with Crippen molar-refractivity contribution in [3.05, 3.63) is 28.2 Å². The van der Waals surface area contributed by atoms with Gasteiger partial charge in [0.05, 0.1) is 20.8 Å². The second-order valence-corrected chi connectivity index (χ2v) is 6.43. The van der Waals surface area contributed by atoms with Gasteiger partial charge in [0.2, 0.25) is 5.91 Å². The Morgan fingerprint density at radius 2 is 2.25 bits per heavy atom. The number of amides is 1. The zero-order valence-electron chi connectivity index (χ0n) is 10.7. The Labute approximate surface area is 132 Å². The van der Waals surface area contributed by atoms with E-state index >= 15 is 0 Å². The summed E-state index contributed by atoms with van der Waals surface area (Å²) in [7, 11) is 0. The lowest BCUT2D eigenvalue weighted by Crippen LogP contribution is -2.43. The van der Waals surface area contributed by atoms with Crippen LogP contribution in [0.25, 0.3) is 10.2 Å². The van der Waals surface area contributed by atoms with Crippen LogP contribution in [0.2, 0.25) is 5.02 Å². The van der Waals surface area contributed by atoms with Gasteiger partial charge in [0.15, 0.2) is 0 Å². The quantitative estimate of drug-likeness (QED) is 0.904. The van der Waals surface area contributed by atoms with Gasteiger partial charge < -0.3 is 11.1 Å². The predicted octanol–water partition coefficient (Wildman–Crippen LogP) is 2.52. The molecule has 0 spiro atoms. The van der Waals surface area contributed by atoms with E-state index in [1.165, 1.54) is 0 Å². The van der Waals surface area contributed by atoms with Crippen LogP contribution >= 0.6 is 35.3 Å². The average Bonchev–Trinajstić information content (AvgIpc) is 3.00. The topological polar surface area (TPSA) is 68.0 Å². The van der Waals surface area contributed by atoms with E-state index in [1.807, 2.05) is 18.2 Å². The lowest BCUT2D eigenvalue weighted by Gasteiger charge is -2.08. The summed E-state index contributed by atoms with van der Waals surface area (Å²) in [4.78, 5) is 16.2. The number of nitrogens with zero attached hydrogens (tertiary/aromatic N) is 1. The maximum Gasteiger partial charge on any atom is 0.240 e. The summed E-state index contributed by atoms with van der Waals surface area (Å²) in [6, 6.07) is 5.68. The van der Waals surface area contributed by atoms with Crippen LogP contribution in [0.15, 0.2) is 18.2 Å². The van der Waals surface area contributed by atoms with Gasteiger partial charge in [0.1, 0.15) is 0 Å². The summed E-state index contributed by atoms with van der Waals surface area (Å²) in [6.07, 6.45) is 2.30. The highest BCUT2D eigenvalue weighted by molar-refractivity contribution is 7.18. The molecule has 1 heterocycles. The van der Waals surface area contributed by atoms with Crippen LogP contribution in [0.5, 0.6) is 0 Å². The van der Waals surface area contributed by atoms with Crippen molar-refractivity contribution >= 4 is 51.5 Å². The molecule has 1 fully saturated rings. The van der Waals surface area contributed by atoms with Crippen LogP contribution < -0.4 is 11.1 Å². The second-order valence-electron chi connectivity index (χ2n) is 4.88. The first kappa shape index (κ1) is 15.5. The van der Waals surface area contributed by atoms with E-state index in [4.69, 9.17) is 17.3 Å². The van der Waals surface area contributed by atoms with Gasteiger partial charge in [-0.2, -0.15) is 0 Å². The van der Waals surface area contributed by atoms with Crippen molar-refractivity contribution in [3.63, 3.8) is 0 Å². The summed E-state index contributed by atoms with van der Waals surface area (Å²) in [6.45, 7) is 0.575. The molecule has 0 radical (unpaired) electrons. The van der Waals surface area contributed by atoms with E-state index in [0.717, 1.165) is 34.5 Å². The third-order valence-electron chi connectivity index (χ3n) is 3.26. The van der Waals surface area contributed by atoms with Crippen LogP contribution in [0.1, 0.15) is 17.8 Å². The van der Waals surface area contributed by atoms with Crippen molar-refractivity contribution < 1.29 is 4.79 Å². The Hall–Kier alpha value is -0.880. The van der Waals surface area contributed by atoms with Gasteiger partial charge in [-0.3, -0.25) is 4.79 Å². The van der Waals surface area contributed by atoms with Gasteiger partial charge in [-0.15, -0.1) is 23.7 Å². The summed E-state index contributed by atoms with van der Waals surface area (Å²) in [5.41, 5.74) is 6.12. The summed E-state index contributed by atoms with van der Waals surface area (Å²) < 4.78 is 1.11. The molecule has 3 rings (SSSR count). The molecule has 0 saturated heterocycles. The number of nitrogens with one attached hydrogen (secondary N) is 1. The molecule has 0 bridgehead atoms.